The third-order valence-corrected chi connectivity index (χ3v) is 3.84. The van der Waals surface area contributed by atoms with E-state index in [1.54, 1.807) is 7.11 Å². The first kappa shape index (κ1) is 12.2. The van der Waals surface area contributed by atoms with Crippen molar-refractivity contribution in [3.8, 4) is 0 Å². The summed E-state index contributed by atoms with van der Waals surface area (Å²) in [5.74, 6) is 0.229. The molecule has 1 saturated heterocycles. The summed E-state index contributed by atoms with van der Waals surface area (Å²) in [6.45, 7) is 1.25. The number of rotatable bonds is 4. The number of ether oxygens (including phenoxy) is 1. The van der Waals surface area contributed by atoms with Crippen LogP contribution in [0.15, 0.2) is 30.5 Å². The number of amides is 1. The summed E-state index contributed by atoms with van der Waals surface area (Å²) in [7, 11) is 1.67. The van der Waals surface area contributed by atoms with E-state index in [9.17, 15) is 4.79 Å². The maximum absolute atomic E-state index is 12.0. The lowest BCUT2D eigenvalue weighted by Crippen LogP contribution is -2.30. The van der Waals surface area contributed by atoms with E-state index in [4.69, 9.17) is 4.74 Å². The van der Waals surface area contributed by atoms with E-state index < -0.39 is 0 Å². The van der Waals surface area contributed by atoms with Gasteiger partial charge in [0.15, 0.2) is 0 Å². The highest BCUT2D eigenvalue weighted by Gasteiger charge is 2.32. The SMILES string of the molecule is COCCN1C(=O)CC[C@H]1c1c[nH]c2ccccc12. The molecule has 1 atom stereocenters. The van der Waals surface area contributed by atoms with Crippen molar-refractivity contribution in [2.45, 2.75) is 18.9 Å². The van der Waals surface area contributed by atoms with Gasteiger partial charge >= 0.3 is 0 Å². The van der Waals surface area contributed by atoms with Crippen molar-refractivity contribution in [1.29, 1.82) is 0 Å². The summed E-state index contributed by atoms with van der Waals surface area (Å²) in [6.07, 6.45) is 3.56. The first-order valence-corrected chi connectivity index (χ1v) is 6.65. The molecule has 4 heteroatoms. The molecule has 19 heavy (non-hydrogen) atoms. The Morgan fingerprint density at radius 2 is 2.26 bits per heavy atom. The maximum atomic E-state index is 12.0. The van der Waals surface area contributed by atoms with Crippen LogP contribution in [-0.4, -0.2) is 36.1 Å². The van der Waals surface area contributed by atoms with Crippen LogP contribution in [0.1, 0.15) is 24.4 Å². The molecule has 1 aliphatic heterocycles. The van der Waals surface area contributed by atoms with Gasteiger partial charge in [0.25, 0.3) is 0 Å². The average molecular weight is 258 g/mol. The van der Waals surface area contributed by atoms with Crippen molar-refractivity contribution in [1.82, 2.24) is 9.88 Å². The highest BCUT2D eigenvalue weighted by Crippen LogP contribution is 2.36. The molecule has 3 rings (SSSR count). The minimum absolute atomic E-state index is 0.179. The van der Waals surface area contributed by atoms with Crippen molar-refractivity contribution in [2.24, 2.45) is 0 Å². The first-order valence-electron chi connectivity index (χ1n) is 6.65. The number of fused-ring (bicyclic) bond motifs is 1. The molecule has 1 aromatic heterocycles. The summed E-state index contributed by atoms with van der Waals surface area (Å²) in [4.78, 5) is 17.2. The van der Waals surface area contributed by atoms with E-state index in [0.29, 0.717) is 19.6 Å². The Balaban J connectivity index is 1.94. The summed E-state index contributed by atoms with van der Waals surface area (Å²) in [5, 5.41) is 1.21. The molecule has 0 unspecified atom stereocenters. The van der Waals surface area contributed by atoms with Gasteiger partial charge in [0.2, 0.25) is 5.91 Å². The van der Waals surface area contributed by atoms with Crippen LogP contribution < -0.4 is 0 Å². The van der Waals surface area contributed by atoms with E-state index in [2.05, 4.69) is 17.1 Å². The Morgan fingerprint density at radius 3 is 3.11 bits per heavy atom. The lowest BCUT2D eigenvalue weighted by Gasteiger charge is -2.24. The molecule has 0 bridgehead atoms. The van der Waals surface area contributed by atoms with Crippen LogP contribution in [0.4, 0.5) is 0 Å². The standard InChI is InChI=1S/C15H18N2O2/c1-19-9-8-17-14(6-7-15(17)18)12-10-16-13-5-3-2-4-11(12)13/h2-5,10,14,16H,6-9H2,1H3/t14-/m0/s1. The van der Waals surface area contributed by atoms with E-state index in [-0.39, 0.29) is 11.9 Å². The fourth-order valence-electron chi connectivity index (χ4n) is 2.90. The quantitative estimate of drug-likeness (QED) is 0.915. The van der Waals surface area contributed by atoms with Crippen molar-refractivity contribution >= 4 is 16.8 Å². The Bertz CT molecular complexity index is 591. The molecule has 1 fully saturated rings. The molecule has 100 valence electrons. The Morgan fingerprint density at radius 1 is 1.42 bits per heavy atom. The molecule has 0 spiro atoms. The van der Waals surface area contributed by atoms with Crippen molar-refractivity contribution < 1.29 is 9.53 Å². The number of hydrogen-bond acceptors (Lipinski definition) is 2. The summed E-state index contributed by atoms with van der Waals surface area (Å²) in [6, 6.07) is 8.41. The Hall–Kier alpha value is -1.81. The van der Waals surface area contributed by atoms with E-state index >= 15 is 0 Å². The van der Waals surface area contributed by atoms with Crippen LogP contribution in [0, 0.1) is 0 Å². The average Bonchev–Trinajstić information content (AvgIpc) is 3.00. The number of aromatic nitrogens is 1. The number of nitrogens with zero attached hydrogens (tertiary/aromatic N) is 1. The normalized spacial score (nSPS) is 19.5. The number of likely N-dealkylation sites (tertiary alicyclic amines) is 1. The zero-order chi connectivity index (χ0) is 13.2. The van der Waals surface area contributed by atoms with E-state index in [1.165, 1.54) is 10.9 Å². The third-order valence-electron chi connectivity index (χ3n) is 3.84. The zero-order valence-electron chi connectivity index (χ0n) is 11.1. The van der Waals surface area contributed by atoms with E-state index in [1.807, 2.05) is 23.2 Å². The van der Waals surface area contributed by atoms with Crippen LogP contribution in [0.5, 0.6) is 0 Å². The van der Waals surface area contributed by atoms with Gasteiger partial charge in [0, 0.05) is 37.2 Å². The van der Waals surface area contributed by atoms with Gasteiger partial charge in [-0.25, -0.2) is 0 Å². The van der Waals surface area contributed by atoms with Gasteiger partial charge in [0.1, 0.15) is 0 Å². The minimum atomic E-state index is 0.179. The van der Waals surface area contributed by atoms with Crippen LogP contribution in [0.2, 0.25) is 0 Å². The minimum Gasteiger partial charge on any atom is -0.383 e. The van der Waals surface area contributed by atoms with Crippen molar-refractivity contribution in [3.63, 3.8) is 0 Å². The van der Waals surface area contributed by atoms with Gasteiger partial charge in [-0.2, -0.15) is 0 Å². The highest BCUT2D eigenvalue weighted by atomic mass is 16.5. The van der Waals surface area contributed by atoms with Crippen LogP contribution in [0.25, 0.3) is 10.9 Å². The van der Waals surface area contributed by atoms with Crippen LogP contribution >= 0.6 is 0 Å². The number of carbonyl (C=O) groups is 1. The number of aromatic amines is 1. The second kappa shape index (κ2) is 5.05. The molecule has 2 aromatic rings. The number of para-hydroxylation sites is 1. The van der Waals surface area contributed by atoms with Gasteiger partial charge < -0.3 is 14.6 Å². The van der Waals surface area contributed by atoms with Crippen molar-refractivity contribution in [3.05, 3.63) is 36.0 Å². The van der Waals surface area contributed by atoms with Crippen LogP contribution in [-0.2, 0) is 9.53 Å². The summed E-state index contributed by atoms with van der Waals surface area (Å²) >= 11 is 0. The monoisotopic (exact) mass is 258 g/mol. The molecule has 4 nitrogen and oxygen atoms in total. The number of nitrogens with one attached hydrogen (secondary N) is 1. The number of H-pyrrole nitrogens is 1. The maximum Gasteiger partial charge on any atom is 0.223 e. The van der Waals surface area contributed by atoms with Gasteiger partial charge in [0.05, 0.1) is 12.6 Å². The molecule has 0 aliphatic carbocycles. The molecule has 1 N–H and O–H groups in total. The topological polar surface area (TPSA) is 45.3 Å². The third kappa shape index (κ3) is 2.12. The van der Waals surface area contributed by atoms with Gasteiger partial charge in [-0.1, -0.05) is 18.2 Å². The fraction of sp³-hybridized carbons (Fsp3) is 0.400. The first-order chi connectivity index (χ1) is 9.31. The number of carbonyl (C=O) groups excluding carboxylic acids is 1. The molecule has 0 radical (unpaired) electrons. The number of hydrogen-bond donors (Lipinski definition) is 1. The van der Waals surface area contributed by atoms with Gasteiger partial charge in [-0.3, -0.25) is 4.79 Å². The Kier molecular flexibility index (Phi) is 3.25. The Labute approximate surface area is 112 Å². The largest absolute Gasteiger partial charge is 0.383 e. The number of methoxy groups -OCH3 is 1. The molecule has 1 aromatic carbocycles. The highest BCUT2D eigenvalue weighted by molar-refractivity contribution is 5.86. The molecular weight excluding hydrogens is 240 g/mol. The summed E-state index contributed by atoms with van der Waals surface area (Å²) in [5.41, 5.74) is 2.35. The second-order valence-electron chi connectivity index (χ2n) is 4.92. The number of benzene rings is 1. The molecule has 2 heterocycles. The van der Waals surface area contributed by atoms with Crippen molar-refractivity contribution in [2.75, 3.05) is 20.3 Å². The van der Waals surface area contributed by atoms with Gasteiger partial charge in [-0.15, -0.1) is 0 Å². The lowest BCUT2D eigenvalue weighted by molar-refractivity contribution is -0.129. The van der Waals surface area contributed by atoms with E-state index in [0.717, 1.165) is 11.9 Å². The zero-order valence-corrected chi connectivity index (χ0v) is 11.1. The smallest absolute Gasteiger partial charge is 0.223 e. The predicted molar refractivity (Wildman–Crippen MR) is 73.9 cm³/mol. The fourth-order valence-corrected chi connectivity index (χ4v) is 2.90. The summed E-state index contributed by atoms with van der Waals surface area (Å²) < 4.78 is 5.10. The molecule has 1 aliphatic rings. The molecule has 0 saturated carbocycles. The predicted octanol–water partition coefficient (Wildman–Crippen LogP) is 2.48. The van der Waals surface area contributed by atoms with Gasteiger partial charge in [-0.05, 0) is 18.1 Å². The lowest BCUT2D eigenvalue weighted by atomic mass is 10.0. The van der Waals surface area contributed by atoms with Crippen LogP contribution in [0.3, 0.4) is 0 Å². The second-order valence-corrected chi connectivity index (χ2v) is 4.92. The molecular formula is C15H18N2O2. The molecule has 1 amide bonds.